The smallest absolute Gasteiger partial charge is 0.266 e. The van der Waals surface area contributed by atoms with Crippen molar-refractivity contribution >= 4 is 5.91 Å². The van der Waals surface area contributed by atoms with E-state index in [0.717, 1.165) is 16.8 Å². The van der Waals surface area contributed by atoms with Crippen molar-refractivity contribution < 1.29 is 4.79 Å². The van der Waals surface area contributed by atoms with Crippen LogP contribution in [0.2, 0.25) is 0 Å². The summed E-state index contributed by atoms with van der Waals surface area (Å²) < 4.78 is 0. The summed E-state index contributed by atoms with van der Waals surface area (Å²) in [6.07, 6.45) is 1.58. The molecule has 124 valence electrons. The van der Waals surface area contributed by atoms with Gasteiger partial charge in [-0.15, -0.1) is 0 Å². The van der Waals surface area contributed by atoms with Crippen LogP contribution in [0.15, 0.2) is 35.1 Å². The number of benzene rings is 1. The number of pyridine rings is 1. The van der Waals surface area contributed by atoms with E-state index in [2.05, 4.69) is 11.1 Å². The second-order valence-electron chi connectivity index (χ2n) is 6.00. The summed E-state index contributed by atoms with van der Waals surface area (Å²) in [6, 6.07) is 12.7. The van der Waals surface area contributed by atoms with Crippen molar-refractivity contribution in [1.29, 1.82) is 10.5 Å². The van der Waals surface area contributed by atoms with Gasteiger partial charge in [0.2, 0.25) is 5.91 Å². The first-order chi connectivity index (χ1) is 12.1. The van der Waals surface area contributed by atoms with E-state index in [0.29, 0.717) is 37.9 Å². The predicted octanol–water partition coefficient (Wildman–Crippen LogP) is 1.64. The fourth-order valence-corrected chi connectivity index (χ4v) is 2.96. The fraction of sp³-hybridized carbons (Fsp3) is 0.263. The molecule has 1 aromatic carbocycles. The Hall–Kier alpha value is -3.38. The van der Waals surface area contributed by atoms with Gasteiger partial charge in [0, 0.05) is 31.6 Å². The first kappa shape index (κ1) is 16.5. The molecule has 6 heteroatoms. The average molecular weight is 332 g/mol. The van der Waals surface area contributed by atoms with E-state index in [1.165, 1.54) is 0 Å². The van der Waals surface area contributed by atoms with E-state index >= 15 is 0 Å². The van der Waals surface area contributed by atoms with Gasteiger partial charge in [-0.2, -0.15) is 10.5 Å². The Balaban J connectivity index is 1.65. The summed E-state index contributed by atoms with van der Waals surface area (Å²) in [4.78, 5) is 28.6. The lowest BCUT2D eigenvalue weighted by Gasteiger charge is -2.28. The number of nitrogens with one attached hydrogen (secondary N) is 1. The van der Waals surface area contributed by atoms with E-state index in [1.54, 1.807) is 23.1 Å². The number of nitriles is 2. The number of nitrogens with zero attached hydrogens (tertiary/aromatic N) is 3. The number of amides is 1. The van der Waals surface area contributed by atoms with Gasteiger partial charge < -0.3 is 9.88 Å². The van der Waals surface area contributed by atoms with Crippen molar-refractivity contribution in [2.75, 3.05) is 6.54 Å². The van der Waals surface area contributed by atoms with Crippen LogP contribution in [0.5, 0.6) is 0 Å². The van der Waals surface area contributed by atoms with E-state index in [4.69, 9.17) is 10.5 Å². The number of aryl methyl sites for hydroxylation is 1. The van der Waals surface area contributed by atoms with E-state index in [9.17, 15) is 9.59 Å². The normalized spacial score (nSPS) is 12.8. The molecule has 0 saturated carbocycles. The van der Waals surface area contributed by atoms with Gasteiger partial charge in [0.1, 0.15) is 11.6 Å². The van der Waals surface area contributed by atoms with Gasteiger partial charge in [-0.25, -0.2) is 0 Å². The minimum atomic E-state index is -0.373. The summed E-state index contributed by atoms with van der Waals surface area (Å²) in [5.74, 6) is 0.0414. The van der Waals surface area contributed by atoms with E-state index in [-0.39, 0.29) is 17.0 Å². The van der Waals surface area contributed by atoms with Crippen LogP contribution in [-0.2, 0) is 24.2 Å². The highest BCUT2D eigenvalue weighted by Gasteiger charge is 2.22. The Morgan fingerprint density at radius 3 is 2.64 bits per heavy atom. The predicted molar refractivity (Wildman–Crippen MR) is 90.4 cm³/mol. The van der Waals surface area contributed by atoms with Crippen LogP contribution in [-0.4, -0.2) is 22.3 Å². The first-order valence-corrected chi connectivity index (χ1v) is 8.02. The number of hydrogen-bond donors (Lipinski definition) is 1. The van der Waals surface area contributed by atoms with Gasteiger partial charge in [0.15, 0.2) is 0 Å². The molecule has 6 nitrogen and oxygen atoms in total. The minimum Gasteiger partial charge on any atom is -0.338 e. The van der Waals surface area contributed by atoms with Gasteiger partial charge in [0.05, 0.1) is 11.6 Å². The number of carbonyl (C=O) groups excluding carboxylic acids is 1. The molecule has 2 heterocycles. The zero-order chi connectivity index (χ0) is 17.8. The highest BCUT2D eigenvalue weighted by molar-refractivity contribution is 5.76. The van der Waals surface area contributed by atoms with Crippen LogP contribution in [0.3, 0.4) is 0 Å². The van der Waals surface area contributed by atoms with Crippen LogP contribution < -0.4 is 5.56 Å². The van der Waals surface area contributed by atoms with Crippen LogP contribution in [0, 0.1) is 22.7 Å². The molecule has 1 N–H and O–H groups in total. The van der Waals surface area contributed by atoms with Crippen LogP contribution in [0.4, 0.5) is 0 Å². The Morgan fingerprint density at radius 1 is 1.20 bits per heavy atom. The summed E-state index contributed by atoms with van der Waals surface area (Å²) in [7, 11) is 0. The third-order valence-electron chi connectivity index (χ3n) is 4.39. The molecular weight excluding hydrogens is 316 g/mol. The molecule has 25 heavy (non-hydrogen) atoms. The maximum absolute atomic E-state index is 12.5. The average Bonchev–Trinajstić information content (AvgIpc) is 2.65. The lowest BCUT2D eigenvalue weighted by molar-refractivity contribution is -0.132. The number of rotatable bonds is 3. The van der Waals surface area contributed by atoms with Crippen molar-refractivity contribution in [3.05, 3.63) is 68.6 Å². The highest BCUT2D eigenvalue weighted by atomic mass is 16.2. The molecule has 2 aromatic rings. The molecule has 1 aliphatic heterocycles. The van der Waals surface area contributed by atoms with Gasteiger partial charge >= 0.3 is 0 Å². The molecule has 0 atom stereocenters. The molecular formula is C19H16N4O2. The number of hydrogen-bond acceptors (Lipinski definition) is 4. The maximum Gasteiger partial charge on any atom is 0.266 e. The number of aromatic nitrogens is 1. The van der Waals surface area contributed by atoms with E-state index in [1.807, 2.05) is 18.2 Å². The van der Waals surface area contributed by atoms with Gasteiger partial charge in [-0.3, -0.25) is 9.59 Å². The number of aromatic amines is 1. The maximum atomic E-state index is 12.5. The summed E-state index contributed by atoms with van der Waals surface area (Å²) in [5.41, 5.74) is 2.95. The zero-order valence-electron chi connectivity index (χ0n) is 13.6. The molecule has 0 bridgehead atoms. The molecule has 0 fully saturated rings. The SMILES string of the molecule is N#Cc1ccc(CCC(=O)N2CCc3[nH]c(=O)c(C#N)cc3C2)cc1. The topological polar surface area (TPSA) is 101 Å². The second kappa shape index (κ2) is 7.02. The number of H-pyrrole nitrogens is 1. The fourth-order valence-electron chi connectivity index (χ4n) is 2.96. The lowest BCUT2D eigenvalue weighted by atomic mass is 10.0. The molecule has 0 radical (unpaired) electrons. The Bertz CT molecular complexity index is 945. The molecule has 0 spiro atoms. The van der Waals surface area contributed by atoms with Crippen LogP contribution >= 0.6 is 0 Å². The standard InChI is InChI=1S/C19H16N4O2/c20-10-14-3-1-13(2-4-14)5-6-18(24)23-8-7-17-16(12-23)9-15(11-21)19(25)22-17/h1-4,9H,5-8,12H2,(H,22,25). The first-order valence-electron chi connectivity index (χ1n) is 8.02. The van der Waals surface area contributed by atoms with Crippen molar-refractivity contribution in [2.45, 2.75) is 25.8 Å². The van der Waals surface area contributed by atoms with Crippen LogP contribution in [0.25, 0.3) is 0 Å². The van der Waals surface area contributed by atoms with Gasteiger partial charge in [0.25, 0.3) is 5.56 Å². The largest absolute Gasteiger partial charge is 0.338 e. The second-order valence-corrected chi connectivity index (χ2v) is 6.00. The molecule has 1 aromatic heterocycles. The summed E-state index contributed by atoms with van der Waals surface area (Å²) in [6.45, 7) is 0.966. The third kappa shape index (κ3) is 3.59. The Labute approximate surface area is 144 Å². The molecule has 0 aliphatic carbocycles. The van der Waals surface area contributed by atoms with Crippen LogP contribution in [0.1, 0.15) is 34.4 Å². The molecule has 1 aliphatic rings. The summed E-state index contributed by atoms with van der Waals surface area (Å²) >= 11 is 0. The monoisotopic (exact) mass is 332 g/mol. The highest BCUT2D eigenvalue weighted by Crippen LogP contribution is 2.18. The van der Waals surface area contributed by atoms with E-state index < -0.39 is 0 Å². The Morgan fingerprint density at radius 2 is 1.96 bits per heavy atom. The van der Waals surface area contributed by atoms with Gasteiger partial charge in [-0.1, -0.05) is 12.1 Å². The molecule has 0 unspecified atom stereocenters. The van der Waals surface area contributed by atoms with Crippen molar-refractivity contribution in [1.82, 2.24) is 9.88 Å². The Kier molecular flexibility index (Phi) is 4.63. The number of carbonyl (C=O) groups is 1. The van der Waals surface area contributed by atoms with Gasteiger partial charge in [-0.05, 0) is 35.7 Å². The van der Waals surface area contributed by atoms with Crippen molar-refractivity contribution in [3.8, 4) is 12.1 Å². The quantitative estimate of drug-likeness (QED) is 0.923. The number of fused-ring (bicyclic) bond motifs is 1. The molecule has 3 rings (SSSR count). The van der Waals surface area contributed by atoms with Crippen molar-refractivity contribution in [2.24, 2.45) is 0 Å². The third-order valence-corrected chi connectivity index (χ3v) is 4.39. The van der Waals surface area contributed by atoms with Crippen molar-refractivity contribution in [3.63, 3.8) is 0 Å². The summed E-state index contributed by atoms with van der Waals surface area (Å²) in [5, 5.41) is 17.8. The zero-order valence-corrected chi connectivity index (χ0v) is 13.6. The minimum absolute atomic E-state index is 0.0414. The molecule has 0 saturated heterocycles. The lowest BCUT2D eigenvalue weighted by Crippen LogP contribution is -2.37. The molecule has 1 amide bonds.